The number of benzene rings is 1. The van der Waals surface area contributed by atoms with Crippen LogP contribution < -0.4 is 10.1 Å². The van der Waals surface area contributed by atoms with E-state index in [1.165, 1.54) is 0 Å². The number of carboxylic acids is 1. The van der Waals surface area contributed by atoms with Gasteiger partial charge >= 0.3 is 5.97 Å². The third-order valence-electron chi connectivity index (χ3n) is 10.6. The molecule has 1 aliphatic carbocycles. The monoisotopic (exact) mass is 789 g/mol. The fourth-order valence-corrected chi connectivity index (χ4v) is 7.56. The molecule has 10 N–H and O–H groups in total. The highest BCUT2D eigenvalue weighted by Crippen LogP contribution is 2.36. The number of aryl methyl sites for hydroxylation is 1. The van der Waals surface area contributed by atoms with Gasteiger partial charge in [0.2, 0.25) is 12.2 Å². The topological polar surface area (TPSA) is 293 Å². The Bertz CT molecular complexity index is 1360. The summed E-state index contributed by atoms with van der Waals surface area (Å²) in [6.07, 6.45) is -20.0. The van der Waals surface area contributed by atoms with Crippen LogP contribution in [0.2, 0.25) is 0 Å². The molecular weight excluding hydrogens is 734 g/mol. The van der Waals surface area contributed by atoms with Crippen LogP contribution in [0.3, 0.4) is 0 Å². The highest BCUT2D eigenvalue weighted by atomic mass is 16.8. The van der Waals surface area contributed by atoms with Gasteiger partial charge < -0.3 is 84.4 Å². The van der Waals surface area contributed by atoms with E-state index in [4.69, 9.17) is 33.2 Å². The lowest BCUT2D eigenvalue weighted by atomic mass is 9.85. The summed E-state index contributed by atoms with van der Waals surface area (Å²) >= 11 is 0. The Balaban J connectivity index is 1.48. The minimum Gasteiger partial charge on any atom is -0.479 e. The first-order chi connectivity index (χ1) is 26.3. The Morgan fingerprint density at radius 1 is 0.727 bits per heavy atom. The molecule has 4 aliphatic rings. The van der Waals surface area contributed by atoms with E-state index < -0.39 is 130 Å². The summed E-state index contributed by atoms with van der Waals surface area (Å²) in [5.74, 6) is -1.69. The summed E-state index contributed by atoms with van der Waals surface area (Å²) in [5, 5.41) is 97.8. The van der Waals surface area contributed by atoms with Crippen molar-refractivity contribution in [3.63, 3.8) is 0 Å². The highest BCUT2D eigenvalue weighted by molar-refractivity contribution is 5.73. The summed E-state index contributed by atoms with van der Waals surface area (Å²) in [5.41, 5.74) is 0.925. The number of aliphatic carboxylic acids is 1. The Kier molecular flexibility index (Phi) is 15.6. The molecule has 0 radical (unpaired) electrons. The van der Waals surface area contributed by atoms with Gasteiger partial charge in [0.1, 0.15) is 78.9 Å². The number of nitrogens with one attached hydrogen (secondary N) is 1. The first-order valence-electron chi connectivity index (χ1n) is 18.6. The number of ether oxygens (including phenoxy) is 7. The molecule has 1 aromatic carbocycles. The van der Waals surface area contributed by atoms with Gasteiger partial charge in [0.25, 0.3) is 0 Å². The molecule has 5 rings (SSSR count). The summed E-state index contributed by atoms with van der Waals surface area (Å²) in [6.45, 7) is 0.577. The third-order valence-corrected chi connectivity index (χ3v) is 10.6. The first-order valence-corrected chi connectivity index (χ1v) is 18.6. The molecule has 4 fully saturated rings. The SMILES string of the molecule is CC(=O)NC1C(O[C@@H]2OC(CO)[C@H](O)C(O)C2O)[C@@H](O)C(CO)O[C@H]1O[C@H]1C(CO)O[C@@H](Oc2ccc(C)cc2)C(O)C1O[C@@H](CC1CCCCC1)C(=O)O. The number of carboxylic acid groups (broad SMARTS) is 1. The molecule has 3 saturated heterocycles. The Morgan fingerprint density at radius 2 is 1.31 bits per heavy atom. The molecule has 19 heteroatoms. The molecule has 0 aromatic heterocycles. The van der Waals surface area contributed by atoms with Crippen molar-refractivity contribution in [3.05, 3.63) is 29.8 Å². The van der Waals surface area contributed by atoms with Gasteiger partial charge in [-0.3, -0.25) is 4.79 Å². The van der Waals surface area contributed by atoms with E-state index in [0.717, 1.165) is 44.6 Å². The molecule has 0 spiro atoms. The second kappa shape index (κ2) is 19.7. The number of rotatable bonds is 15. The summed E-state index contributed by atoms with van der Waals surface area (Å²) in [4.78, 5) is 25.2. The predicted octanol–water partition coefficient (Wildman–Crippen LogP) is -2.59. The van der Waals surface area contributed by atoms with Gasteiger partial charge in [-0.25, -0.2) is 4.79 Å². The Morgan fingerprint density at radius 3 is 1.91 bits per heavy atom. The molecule has 312 valence electrons. The number of aliphatic hydroxyl groups is 8. The molecule has 1 saturated carbocycles. The highest BCUT2D eigenvalue weighted by Gasteiger charge is 2.55. The average Bonchev–Trinajstić information content (AvgIpc) is 3.16. The van der Waals surface area contributed by atoms with E-state index >= 15 is 0 Å². The molecule has 1 amide bonds. The average molecular weight is 790 g/mol. The van der Waals surface area contributed by atoms with Gasteiger partial charge in [0.05, 0.1) is 19.8 Å². The zero-order chi connectivity index (χ0) is 40.0. The van der Waals surface area contributed by atoms with Crippen LogP contribution in [0.25, 0.3) is 0 Å². The van der Waals surface area contributed by atoms with Crippen LogP contribution in [0.15, 0.2) is 24.3 Å². The van der Waals surface area contributed by atoms with Crippen molar-refractivity contribution in [2.24, 2.45) is 5.92 Å². The smallest absolute Gasteiger partial charge is 0.332 e. The lowest BCUT2D eigenvalue weighted by Crippen LogP contribution is -2.70. The fraction of sp³-hybridized carbons (Fsp3) is 0.778. The minimum atomic E-state index is -1.92. The molecule has 3 heterocycles. The molecule has 16 atom stereocenters. The van der Waals surface area contributed by atoms with Crippen molar-refractivity contribution >= 4 is 11.9 Å². The van der Waals surface area contributed by atoms with E-state index in [1.807, 2.05) is 6.92 Å². The molecule has 19 nitrogen and oxygen atoms in total. The zero-order valence-corrected chi connectivity index (χ0v) is 30.7. The maximum absolute atomic E-state index is 12.7. The number of carbonyl (C=O) groups excluding carboxylic acids is 1. The maximum Gasteiger partial charge on any atom is 0.332 e. The van der Waals surface area contributed by atoms with Gasteiger partial charge in [0, 0.05) is 6.92 Å². The fourth-order valence-electron chi connectivity index (χ4n) is 7.56. The van der Waals surface area contributed by atoms with Crippen molar-refractivity contribution in [3.8, 4) is 5.75 Å². The summed E-state index contributed by atoms with van der Waals surface area (Å²) in [6, 6.07) is 5.25. The largest absolute Gasteiger partial charge is 0.479 e. The van der Waals surface area contributed by atoms with Crippen LogP contribution in [-0.4, -0.2) is 176 Å². The van der Waals surface area contributed by atoms with Crippen molar-refractivity contribution in [2.75, 3.05) is 19.8 Å². The van der Waals surface area contributed by atoms with Crippen LogP contribution in [0, 0.1) is 12.8 Å². The summed E-state index contributed by atoms with van der Waals surface area (Å²) in [7, 11) is 0. The molecule has 55 heavy (non-hydrogen) atoms. The van der Waals surface area contributed by atoms with E-state index in [0.29, 0.717) is 0 Å². The second-order valence-corrected chi connectivity index (χ2v) is 14.7. The lowest BCUT2D eigenvalue weighted by Gasteiger charge is -2.50. The Hall–Kier alpha value is -2.60. The summed E-state index contributed by atoms with van der Waals surface area (Å²) < 4.78 is 41.7. The third kappa shape index (κ3) is 10.5. The van der Waals surface area contributed by atoms with Gasteiger partial charge in [-0.2, -0.15) is 0 Å². The maximum atomic E-state index is 12.7. The Labute approximate surface area is 317 Å². The minimum absolute atomic E-state index is 0.0254. The van der Waals surface area contributed by atoms with Crippen LogP contribution in [-0.2, 0) is 38.0 Å². The van der Waals surface area contributed by atoms with Crippen LogP contribution >= 0.6 is 0 Å². The number of hydrogen-bond donors (Lipinski definition) is 10. The number of carbonyl (C=O) groups is 2. The molecular formula is C36H55NO18. The van der Waals surface area contributed by atoms with Crippen LogP contribution in [0.5, 0.6) is 5.75 Å². The number of aliphatic hydroxyl groups excluding tert-OH is 8. The lowest BCUT2D eigenvalue weighted by molar-refractivity contribution is -0.365. The van der Waals surface area contributed by atoms with E-state index in [-0.39, 0.29) is 18.1 Å². The molecule has 9 unspecified atom stereocenters. The van der Waals surface area contributed by atoms with Crippen LogP contribution in [0.1, 0.15) is 51.0 Å². The molecule has 3 aliphatic heterocycles. The normalized spacial score (nSPS) is 39.3. The predicted molar refractivity (Wildman–Crippen MR) is 184 cm³/mol. The van der Waals surface area contributed by atoms with Crippen molar-refractivity contribution < 1.29 is 88.7 Å². The second-order valence-electron chi connectivity index (χ2n) is 14.7. The van der Waals surface area contributed by atoms with E-state index in [1.54, 1.807) is 24.3 Å². The van der Waals surface area contributed by atoms with E-state index in [9.17, 15) is 55.5 Å². The van der Waals surface area contributed by atoms with Crippen molar-refractivity contribution in [1.29, 1.82) is 0 Å². The molecule has 1 aromatic rings. The quantitative estimate of drug-likeness (QED) is 0.0873. The van der Waals surface area contributed by atoms with E-state index in [2.05, 4.69) is 5.32 Å². The van der Waals surface area contributed by atoms with Gasteiger partial charge in [-0.15, -0.1) is 0 Å². The number of amides is 1. The molecule has 0 bridgehead atoms. The number of hydrogen-bond acceptors (Lipinski definition) is 17. The zero-order valence-electron chi connectivity index (χ0n) is 30.7. The van der Waals surface area contributed by atoms with Crippen molar-refractivity contribution in [1.82, 2.24) is 5.32 Å². The van der Waals surface area contributed by atoms with Gasteiger partial charge in [-0.1, -0.05) is 49.8 Å². The van der Waals surface area contributed by atoms with Crippen molar-refractivity contribution in [2.45, 2.75) is 151 Å². The van der Waals surface area contributed by atoms with Gasteiger partial charge in [0.15, 0.2) is 18.7 Å². The first kappa shape index (κ1) is 43.5. The standard InChI is InChI=1S/C36H55NO18/c1-16-8-10-19(11-9-16)49-36-29(46)32(50-20(33(47)48)12-18-6-4-3-5-7-18)30(23(15-40)53-36)54-34-24(37-17(2)41)31(26(43)22(14-39)51-34)55-35-28(45)27(44)25(42)21(13-38)52-35/h8-11,18,20-32,34-36,38-40,42-46H,3-7,12-15H2,1-2H3,(H,37,41)(H,47,48)/t20-,21?,22?,23?,24?,25-,26-,27?,28?,29?,30-,31?,32?,34-,35-,36+/m0/s1. The van der Waals surface area contributed by atoms with Crippen LogP contribution in [0.4, 0.5) is 0 Å². The van der Waals surface area contributed by atoms with Gasteiger partial charge in [-0.05, 0) is 31.4 Å².